The number of anilines is 1. The van der Waals surface area contributed by atoms with Gasteiger partial charge in [-0.15, -0.1) is 0 Å². The third kappa shape index (κ3) is 2.79. The van der Waals surface area contributed by atoms with E-state index in [1.165, 1.54) is 5.56 Å². The van der Waals surface area contributed by atoms with Crippen molar-refractivity contribution in [2.75, 3.05) is 11.9 Å². The SMILES string of the molecule is CN(Cc1ccccc1CN)c1ncccn1. The van der Waals surface area contributed by atoms with E-state index in [0.717, 1.165) is 18.1 Å². The highest BCUT2D eigenvalue weighted by molar-refractivity contribution is 5.34. The minimum atomic E-state index is 0.555. The van der Waals surface area contributed by atoms with Crippen molar-refractivity contribution in [3.05, 3.63) is 53.9 Å². The molecule has 0 saturated heterocycles. The van der Waals surface area contributed by atoms with Gasteiger partial charge >= 0.3 is 0 Å². The smallest absolute Gasteiger partial charge is 0.225 e. The Kier molecular flexibility index (Phi) is 3.67. The van der Waals surface area contributed by atoms with E-state index in [1.54, 1.807) is 12.4 Å². The van der Waals surface area contributed by atoms with E-state index in [-0.39, 0.29) is 0 Å². The van der Waals surface area contributed by atoms with Crippen molar-refractivity contribution in [2.45, 2.75) is 13.1 Å². The monoisotopic (exact) mass is 228 g/mol. The van der Waals surface area contributed by atoms with E-state index >= 15 is 0 Å². The third-order valence-corrected chi connectivity index (χ3v) is 2.64. The molecule has 0 bridgehead atoms. The van der Waals surface area contributed by atoms with Gasteiger partial charge in [-0.05, 0) is 17.2 Å². The molecule has 17 heavy (non-hydrogen) atoms. The van der Waals surface area contributed by atoms with Gasteiger partial charge in [0.05, 0.1) is 0 Å². The van der Waals surface area contributed by atoms with Gasteiger partial charge in [0.15, 0.2) is 0 Å². The molecule has 0 aliphatic carbocycles. The van der Waals surface area contributed by atoms with Crippen molar-refractivity contribution in [2.24, 2.45) is 5.73 Å². The first-order valence-corrected chi connectivity index (χ1v) is 5.56. The molecule has 0 radical (unpaired) electrons. The lowest BCUT2D eigenvalue weighted by Gasteiger charge is -2.18. The van der Waals surface area contributed by atoms with E-state index in [1.807, 2.05) is 30.1 Å². The molecule has 88 valence electrons. The largest absolute Gasteiger partial charge is 0.340 e. The Morgan fingerprint density at radius 1 is 1.06 bits per heavy atom. The van der Waals surface area contributed by atoms with Crippen molar-refractivity contribution < 1.29 is 0 Å². The molecular weight excluding hydrogens is 212 g/mol. The van der Waals surface area contributed by atoms with Crippen LogP contribution in [0, 0.1) is 0 Å². The lowest BCUT2D eigenvalue weighted by atomic mass is 10.1. The quantitative estimate of drug-likeness (QED) is 0.863. The molecule has 0 fully saturated rings. The predicted molar refractivity (Wildman–Crippen MR) is 68.5 cm³/mol. The van der Waals surface area contributed by atoms with Gasteiger partial charge < -0.3 is 10.6 Å². The third-order valence-electron chi connectivity index (χ3n) is 2.64. The zero-order valence-electron chi connectivity index (χ0n) is 9.87. The number of nitrogens with two attached hydrogens (primary N) is 1. The summed E-state index contributed by atoms with van der Waals surface area (Å²) in [5.41, 5.74) is 8.09. The van der Waals surface area contributed by atoms with Crippen LogP contribution < -0.4 is 10.6 Å². The van der Waals surface area contributed by atoms with Gasteiger partial charge in [0.2, 0.25) is 5.95 Å². The number of hydrogen-bond donors (Lipinski definition) is 1. The molecule has 0 aliphatic heterocycles. The van der Waals surface area contributed by atoms with Crippen LogP contribution >= 0.6 is 0 Å². The zero-order chi connectivity index (χ0) is 12.1. The van der Waals surface area contributed by atoms with E-state index in [9.17, 15) is 0 Å². The summed E-state index contributed by atoms with van der Waals surface area (Å²) in [5.74, 6) is 0.722. The fourth-order valence-electron chi connectivity index (χ4n) is 1.73. The van der Waals surface area contributed by atoms with Crippen molar-refractivity contribution in [1.82, 2.24) is 9.97 Å². The van der Waals surface area contributed by atoms with E-state index in [0.29, 0.717) is 6.54 Å². The number of aromatic nitrogens is 2. The van der Waals surface area contributed by atoms with Crippen molar-refractivity contribution in [1.29, 1.82) is 0 Å². The van der Waals surface area contributed by atoms with Crippen LogP contribution in [0.15, 0.2) is 42.7 Å². The second-order valence-electron chi connectivity index (χ2n) is 3.88. The van der Waals surface area contributed by atoms with Gasteiger partial charge in [-0.2, -0.15) is 0 Å². The van der Waals surface area contributed by atoms with Gasteiger partial charge in [0, 0.05) is 32.5 Å². The molecule has 4 nitrogen and oxygen atoms in total. The summed E-state index contributed by atoms with van der Waals surface area (Å²) in [5, 5.41) is 0. The average molecular weight is 228 g/mol. The summed E-state index contributed by atoms with van der Waals surface area (Å²) < 4.78 is 0. The Morgan fingerprint density at radius 2 is 1.71 bits per heavy atom. The average Bonchev–Trinajstić information content (AvgIpc) is 2.40. The van der Waals surface area contributed by atoms with E-state index in [2.05, 4.69) is 22.1 Å². The van der Waals surface area contributed by atoms with Gasteiger partial charge in [0.1, 0.15) is 0 Å². The van der Waals surface area contributed by atoms with Crippen molar-refractivity contribution >= 4 is 5.95 Å². The van der Waals surface area contributed by atoms with Crippen LogP contribution in [0.25, 0.3) is 0 Å². The molecule has 2 rings (SSSR count). The van der Waals surface area contributed by atoms with Crippen LogP contribution in [-0.4, -0.2) is 17.0 Å². The highest BCUT2D eigenvalue weighted by Gasteiger charge is 2.06. The van der Waals surface area contributed by atoms with Gasteiger partial charge in [-0.3, -0.25) is 0 Å². The maximum atomic E-state index is 5.72. The number of hydrogen-bond acceptors (Lipinski definition) is 4. The second-order valence-corrected chi connectivity index (χ2v) is 3.88. The maximum Gasteiger partial charge on any atom is 0.225 e. The lowest BCUT2D eigenvalue weighted by molar-refractivity contribution is 0.851. The molecule has 0 atom stereocenters. The van der Waals surface area contributed by atoms with Gasteiger partial charge in [-0.1, -0.05) is 24.3 Å². The van der Waals surface area contributed by atoms with Crippen LogP contribution in [0.3, 0.4) is 0 Å². The Labute approximate surface area is 101 Å². The Morgan fingerprint density at radius 3 is 2.35 bits per heavy atom. The molecule has 1 aromatic heterocycles. The molecule has 0 saturated carbocycles. The fraction of sp³-hybridized carbons (Fsp3) is 0.231. The van der Waals surface area contributed by atoms with Crippen LogP contribution in [0.4, 0.5) is 5.95 Å². The number of rotatable bonds is 4. The summed E-state index contributed by atoms with van der Waals surface area (Å²) in [6.07, 6.45) is 3.49. The topological polar surface area (TPSA) is 55.0 Å². The standard InChI is InChI=1S/C13H16N4/c1-17(13-15-7-4-8-16-13)10-12-6-3-2-5-11(12)9-14/h2-8H,9-10,14H2,1H3. The normalized spacial score (nSPS) is 10.2. The first kappa shape index (κ1) is 11.5. The minimum Gasteiger partial charge on any atom is -0.340 e. The summed E-state index contributed by atoms with van der Waals surface area (Å²) >= 11 is 0. The van der Waals surface area contributed by atoms with E-state index < -0.39 is 0 Å². The molecular formula is C13H16N4. The summed E-state index contributed by atoms with van der Waals surface area (Å²) in [4.78, 5) is 10.4. The van der Waals surface area contributed by atoms with Crippen LogP contribution in [0.5, 0.6) is 0 Å². The molecule has 0 amide bonds. The predicted octanol–water partition coefficient (Wildman–Crippen LogP) is 1.57. The van der Waals surface area contributed by atoms with Crippen LogP contribution in [-0.2, 0) is 13.1 Å². The Bertz CT molecular complexity index is 470. The Hall–Kier alpha value is -1.94. The summed E-state index contributed by atoms with van der Waals surface area (Å²) in [7, 11) is 1.97. The molecule has 1 aromatic carbocycles. The summed E-state index contributed by atoms with van der Waals surface area (Å²) in [6.45, 7) is 1.32. The minimum absolute atomic E-state index is 0.555. The molecule has 0 spiro atoms. The molecule has 0 unspecified atom stereocenters. The lowest BCUT2D eigenvalue weighted by Crippen LogP contribution is -2.20. The first-order valence-electron chi connectivity index (χ1n) is 5.56. The Balaban J connectivity index is 2.16. The molecule has 4 heteroatoms. The van der Waals surface area contributed by atoms with Gasteiger partial charge in [0.25, 0.3) is 0 Å². The molecule has 0 aliphatic rings. The van der Waals surface area contributed by atoms with E-state index in [4.69, 9.17) is 5.73 Å². The van der Waals surface area contributed by atoms with Gasteiger partial charge in [-0.25, -0.2) is 9.97 Å². The number of nitrogens with zero attached hydrogens (tertiary/aromatic N) is 3. The summed E-state index contributed by atoms with van der Waals surface area (Å²) in [6, 6.07) is 9.97. The first-order chi connectivity index (χ1) is 8.31. The molecule has 2 aromatic rings. The zero-order valence-corrected chi connectivity index (χ0v) is 9.87. The van der Waals surface area contributed by atoms with Crippen LogP contribution in [0.2, 0.25) is 0 Å². The fourth-order valence-corrected chi connectivity index (χ4v) is 1.73. The highest BCUT2D eigenvalue weighted by atomic mass is 15.2. The molecule has 1 heterocycles. The van der Waals surface area contributed by atoms with Crippen molar-refractivity contribution in [3.8, 4) is 0 Å². The maximum absolute atomic E-state index is 5.72. The number of benzene rings is 1. The van der Waals surface area contributed by atoms with Crippen molar-refractivity contribution in [3.63, 3.8) is 0 Å². The van der Waals surface area contributed by atoms with Crippen LogP contribution in [0.1, 0.15) is 11.1 Å². The highest BCUT2D eigenvalue weighted by Crippen LogP contribution is 2.13. The second kappa shape index (κ2) is 5.41. The molecule has 2 N–H and O–H groups in total.